The number of nitrogens with zero attached hydrogens (tertiary/aromatic N) is 1. The van der Waals surface area contributed by atoms with Gasteiger partial charge in [-0.3, -0.25) is 0 Å². The largest absolute Gasteiger partial charge is 0.345 e. The number of nitrogens with one attached hydrogen (secondary N) is 1. The van der Waals surface area contributed by atoms with E-state index in [-0.39, 0.29) is 0 Å². The van der Waals surface area contributed by atoms with E-state index in [1.165, 1.54) is 35.8 Å². The molecule has 2 heterocycles. The maximum absolute atomic E-state index is 3.76. The monoisotopic (exact) mass is 254 g/mol. The van der Waals surface area contributed by atoms with Crippen molar-refractivity contribution in [2.75, 3.05) is 6.54 Å². The minimum atomic E-state index is 1.04. The highest BCUT2D eigenvalue weighted by Crippen LogP contribution is 2.34. The summed E-state index contributed by atoms with van der Waals surface area (Å²) < 4.78 is 3.93. The number of rotatable bonds is 0. The first-order valence-electron chi connectivity index (χ1n) is 5.47. The van der Waals surface area contributed by atoms with Crippen molar-refractivity contribution >= 4 is 15.9 Å². The Labute approximate surface area is 92.8 Å². The number of halogens is 1. The van der Waals surface area contributed by atoms with Gasteiger partial charge in [-0.25, -0.2) is 0 Å². The molecule has 14 heavy (non-hydrogen) atoms. The fourth-order valence-corrected chi connectivity index (χ4v) is 3.50. The zero-order chi connectivity index (χ0) is 9.54. The quantitative estimate of drug-likeness (QED) is 0.752. The van der Waals surface area contributed by atoms with E-state index in [0.717, 1.165) is 19.6 Å². The lowest BCUT2D eigenvalue weighted by molar-refractivity contribution is 0.494. The minimum Gasteiger partial charge on any atom is -0.345 e. The first-order valence-corrected chi connectivity index (χ1v) is 6.26. The molecule has 1 aromatic rings. The molecule has 0 radical (unpaired) electrons. The Morgan fingerprint density at radius 3 is 2.93 bits per heavy atom. The molecule has 76 valence electrons. The first kappa shape index (κ1) is 8.98. The lowest BCUT2D eigenvalue weighted by atomic mass is 9.98. The number of hydrogen-bond donors (Lipinski definition) is 1. The molecule has 0 spiro atoms. The van der Waals surface area contributed by atoms with Crippen molar-refractivity contribution in [3.8, 4) is 0 Å². The van der Waals surface area contributed by atoms with Gasteiger partial charge in [-0.15, -0.1) is 0 Å². The molecule has 2 aliphatic rings. The molecular weight excluding hydrogens is 240 g/mol. The molecule has 1 aliphatic carbocycles. The van der Waals surface area contributed by atoms with E-state index >= 15 is 0 Å². The van der Waals surface area contributed by atoms with E-state index < -0.39 is 0 Å². The second-order valence-corrected chi connectivity index (χ2v) is 5.01. The van der Waals surface area contributed by atoms with E-state index in [9.17, 15) is 0 Å². The lowest BCUT2D eigenvalue weighted by Crippen LogP contribution is -2.29. The molecule has 0 fully saturated rings. The summed E-state index contributed by atoms with van der Waals surface area (Å²) >= 11 is 3.76. The summed E-state index contributed by atoms with van der Waals surface area (Å²) in [4.78, 5) is 0. The van der Waals surface area contributed by atoms with Gasteiger partial charge in [0, 0.05) is 35.5 Å². The smallest absolute Gasteiger partial charge is 0.0464 e. The molecule has 0 unspecified atom stereocenters. The van der Waals surface area contributed by atoms with Crippen molar-refractivity contribution in [3.05, 3.63) is 21.4 Å². The van der Waals surface area contributed by atoms with Crippen molar-refractivity contribution in [2.24, 2.45) is 0 Å². The summed E-state index contributed by atoms with van der Waals surface area (Å²) in [6.45, 7) is 3.32. The topological polar surface area (TPSA) is 17.0 Å². The van der Waals surface area contributed by atoms with Gasteiger partial charge in [-0.1, -0.05) is 0 Å². The summed E-state index contributed by atoms with van der Waals surface area (Å²) in [6, 6.07) is 0. The van der Waals surface area contributed by atoms with E-state index in [2.05, 4.69) is 25.8 Å². The van der Waals surface area contributed by atoms with Gasteiger partial charge < -0.3 is 9.88 Å². The van der Waals surface area contributed by atoms with Crippen molar-refractivity contribution in [3.63, 3.8) is 0 Å². The van der Waals surface area contributed by atoms with Crippen LogP contribution in [0.15, 0.2) is 4.47 Å². The maximum Gasteiger partial charge on any atom is 0.0464 e. The number of aromatic nitrogens is 1. The van der Waals surface area contributed by atoms with Gasteiger partial charge in [0.25, 0.3) is 0 Å². The molecule has 1 aromatic heterocycles. The molecule has 1 aliphatic heterocycles. The molecular formula is C11H15BrN2. The van der Waals surface area contributed by atoms with Crippen LogP contribution in [-0.2, 0) is 25.9 Å². The van der Waals surface area contributed by atoms with Gasteiger partial charge in [0.2, 0.25) is 0 Å². The highest BCUT2D eigenvalue weighted by molar-refractivity contribution is 9.10. The van der Waals surface area contributed by atoms with E-state index in [1.54, 1.807) is 11.3 Å². The van der Waals surface area contributed by atoms with Gasteiger partial charge in [-0.05, 0) is 47.2 Å². The zero-order valence-corrected chi connectivity index (χ0v) is 9.86. The third kappa shape index (κ3) is 1.18. The summed E-state index contributed by atoms with van der Waals surface area (Å²) in [7, 11) is 0. The van der Waals surface area contributed by atoms with Gasteiger partial charge in [-0.2, -0.15) is 0 Å². The summed E-state index contributed by atoms with van der Waals surface area (Å²) in [5.41, 5.74) is 4.68. The Morgan fingerprint density at radius 2 is 2.00 bits per heavy atom. The molecule has 0 saturated heterocycles. The Balaban J connectivity index is 2.17. The fourth-order valence-electron chi connectivity index (χ4n) is 2.72. The van der Waals surface area contributed by atoms with Crippen molar-refractivity contribution in [1.29, 1.82) is 0 Å². The van der Waals surface area contributed by atoms with Crippen LogP contribution < -0.4 is 5.32 Å². The van der Waals surface area contributed by atoms with Crippen LogP contribution in [0.1, 0.15) is 29.8 Å². The molecule has 0 saturated carbocycles. The second-order valence-electron chi connectivity index (χ2n) is 4.22. The van der Waals surface area contributed by atoms with E-state index in [4.69, 9.17) is 0 Å². The van der Waals surface area contributed by atoms with Crippen LogP contribution in [0.25, 0.3) is 0 Å². The molecule has 0 amide bonds. The minimum absolute atomic E-state index is 1.04. The van der Waals surface area contributed by atoms with Crippen LogP contribution in [0.5, 0.6) is 0 Å². The Hall–Kier alpha value is -0.280. The van der Waals surface area contributed by atoms with Crippen molar-refractivity contribution in [1.82, 2.24) is 9.88 Å². The van der Waals surface area contributed by atoms with Gasteiger partial charge in [0.15, 0.2) is 0 Å². The van der Waals surface area contributed by atoms with Crippen molar-refractivity contribution < 1.29 is 0 Å². The molecule has 3 rings (SSSR count). The van der Waals surface area contributed by atoms with E-state index in [1.807, 2.05) is 0 Å². The number of fused-ring (bicyclic) bond motifs is 3. The molecule has 0 atom stereocenters. The second kappa shape index (κ2) is 3.38. The summed E-state index contributed by atoms with van der Waals surface area (Å²) in [5, 5.41) is 3.44. The highest BCUT2D eigenvalue weighted by atomic mass is 79.9. The van der Waals surface area contributed by atoms with Crippen LogP contribution in [0.2, 0.25) is 0 Å². The Bertz CT molecular complexity index is 334. The highest BCUT2D eigenvalue weighted by Gasteiger charge is 2.24. The van der Waals surface area contributed by atoms with Gasteiger partial charge in [0.1, 0.15) is 0 Å². The third-order valence-electron chi connectivity index (χ3n) is 3.41. The zero-order valence-electron chi connectivity index (χ0n) is 8.27. The standard InChI is InChI=1S/C11H15BrN2/c12-11-8-3-1-2-4-9(8)14-6-5-13-7-10(11)14/h13H,1-7H2. The normalized spacial score (nSPS) is 20.4. The summed E-state index contributed by atoms with van der Waals surface area (Å²) in [6.07, 6.45) is 5.29. The predicted molar refractivity (Wildman–Crippen MR) is 60.5 cm³/mol. The molecule has 1 N–H and O–H groups in total. The van der Waals surface area contributed by atoms with Crippen LogP contribution in [0.4, 0.5) is 0 Å². The van der Waals surface area contributed by atoms with Crippen LogP contribution >= 0.6 is 15.9 Å². The molecule has 0 bridgehead atoms. The fraction of sp³-hybridized carbons (Fsp3) is 0.636. The molecule has 0 aromatic carbocycles. The van der Waals surface area contributed by atoms with Crippen LogP contribution in [0.3, 0.4) is 0 Å². The average Bonchev–Trinajstić information content (AvgIpc) is 2.55. The van der Waals surface area contributed by atoms with E-state index in [0.29, 0.717) is 0 Å². The SMILES string of the molecule is Brc1c2c(n3c1CNCC3)CCCC2. The maximum atomic E-state index is 3.76. The summed E-state index contributed by atoms with van der Waals surface area (Å²) in [5.74, 6) is 0. The Kier molecular flexibility index (Phi) is 2.17. The Morgan fingerprint density at radius 1 is 1.14 bits per heavy atom. The third-order valence-corrected chi connectivity index (χ3v) is 4.35. The molecule has 2 nitrogen and oxygen atoms in total. The molecule has 3 heteroatoms. The average molecular weight is 255 g/mol. The van der Waals surface area contributed by atoms with Crippen LogP contribution in [-0.4, -0.2) is 11.1 Å². The number of hydrogen-bond acceptors (Lipinski definition) is 1. The van der Waals surface area contributed by atoms with Gasteiger partial charge >= 0.3 is 0 Å². The predicted octanol–water partition coefficient (Wildman–Crippen LogP) is 2.23. The van der Waals surface area contributed by atoms with Crippen LogP contribution in [0, 0.1) is 0 Å². The van der Waals surface area contributed by atoms with Crippen molar-refractivity contribution in [2.45, 2.75) is 38.8 Å². The first-order chi connectivity index (χ1) is 6.88. The lowest BCUT2D eigenvalue weighted by Gasteiger charge is -2.20. The van der Waals surface area contributed by atoms with Gasteiger partial charge in [0.05, 0.1) is 0 Å².